The molecule has 2 N–H and O–H groups in total. The topological polar surface area (TPSA) is 56.7 Å². The summed E-state index contributed by atoms with van der Waals surface area (Å²) >= 11 is 0. The molecule has 5 heteroatoms. The van der Waals surface area contributed by atoms with Crippen LogP contribution in [0.2, 0.25) is 0 Å². The maximum absolute atomic E-state index is 13.4. The van der Waals surface area contributed by atoms with Crippen LogP contribution in [0, 0.1) is 5.82 Å². The highest BCUT2D eigenvalue weighted by Crippen LogP contribution is 2.23. The molecule has 0 saturated carbocycles. The van der Waals surface area contributed by atoms with Crippen LogP contribution in [0.15, 0.2) is 42.5 Å². The Hall–Kier alpha value is -2.27. The summed E-state index contributed by atoms with van der Waals surface area (Å²) in [7, 11) is 0. The summed E-state index contributed by atoms with van der Waals surface area (Å²) in [5.74, 6) is -0.305. The average Bonchev–Trinajstić information content (AvgIpc) is 2.82. The van der Waals surface area contributed by atoms with Crippen molar-refractivity contribution in [2.24, 2.45) is 5.73 Å². The first-order valence-corrected chi connectivity index (χ1v) is 6.02. The summed E-state index contributed by atoms with van der Waals surface area (Å²) in [6.07, 6.45) is 0. The van der Waals surface area contributed by atoms with Gasteiger partial charge in [-0.3, -0.25) is 0 Å². The molecule has 0 saturated heterocycles. The minimum atomic E-state index is -0.305. The molecule has 0 spiro atoms. The van der Waals surface area contributed by atoms with Gasteiger partial charge in [0.1, 0.15) is 11.3 Å². The quantitative estimate of drug-likeness (QED) is 0.766. The molecule has 3 aromatic rings. The van der Waals surface area contributed by atoms with Gasteiger partial charge in [-0.1, -0.05) is 17.3 Å². The van der Waals surface area contributed by atoms with Crippen molar-refractivity contribution in [3.63, 3.8) is 0 Å². The minimum Gasteiger partial charge on any atom is -0.324 e. The SMILES string of the molecule is C[C@H](N)c1cc(F)ccc1-n1nnc2ccccc21. The standard InChI is InChI=1S/C14H13FN4/c1-9(16)11-8-10(15)6-7-13(11)19-14-5-3-2-4-12(14)17-18-19/h2-9H,16H2,1H3/t9-/m0/s1. The van der Waals surface area contributed by atoms with Crippen LogP contribution < -0.4 is 5.73 Å². The fourth-order valence-electron chi connectivity index (χ4n) is 2.13. The lowest BCUT2D eigenvalue weighted by molar-refractivity contribution is 0.620. The molecule has 0 aliphatic carbocycles. The molecule has 0 radical (unpaired) electrons. The van der Waals surface area contributed by atoms with E-state index in [1.54, 1.807) is 10.7 Å². The van der Waals surface area contributed by atoms with Crippen LogP contribution in [0.25, 0.3) is 16.7 Å². The Labute approximate surface area is 109 Å². The average molecular weight is 256 g/mol. The van der Waals surface area contributed by atoms with Crippen LogP contribution in [-0.2, 0) is 0 Å². The van der Waals surface area contributed by atoms with Gasteiger partial charge in [0.15, 0.2) is 0 Å². The van der Waals surface area contributed by atoms with Crippen molar-refractivity contribution in [1.29, 1.82) is 0 Å². The molecule has 19 heavy (non-hydrogen) atoms. The van der Waals surface area contributed by atoms with Gasteiger partial charge in [-0.15, -0.1) is 5.10 Å². The summed E-state index contributed by atoms with van der Waals surface area (Å²) < 4.78 is 15.1. The van der Waals surface area contributed by atoms with Crippen LogP contribution in [0.3, 0.4) is 0 Å². The highest BCUT2D eigenvalue weighted by molar-refractivity contribution is 5.76. The van der Waals surface area contributed by atoms with E-state index in [-0.39, 0.29) is 11.9 Å². The minimum absolute atomic E-state index is 0.284. The van der Waals surface area contributed by atoms with Crippen LogP contribution in [0.5, 0.6) is 0 Å². The third-order valence-electron chi connectivity index (χ3n) is 3.06. The Balaban J connectivity index is 2.27. The van der Waals surface area contributed by atoms with Crippen molar-refractivity contribution in [1.82, 2.24) is 15.0 Å². The first kappa shape index (κ1) is 11.8. The van der Waals surface area contributed by atoms with Gasteiger partial charge in [-0.25, -0.2) is 9.07 Å². The zero-order chi connectivity index (χ0) is 13.4. The smallest absolute Gasteiger partial charge is 0.123 e. The van der Waals surface area contributed by atoms with Crippen LogP contribution in [0.4, 0.5) is 4.39 Å². The molecule has 1 heterocycles. The fraction of sp³-hybridized carbons (Fsp3) is 0.143. The van der Waals surface area contributed by atoms with E-state index >= 15 is 0 Å². The predicted molar refractivity (Wildman–Crippen MR) is 71.4 cm³/mol. The van der Waals surface area contributed by atoms with Gasteiger partial charge in [0, 0.05) is 6.04 Å². The van der Waals surface area contributed by atoms with E-state index in [2.05, 4.69) is 10.3 Å². The third-order valence-corrected chi connectivity index (χ3v) is 3.06. The number of aromatic nitrogens is 3. The highest BCUT2D eigenvalue weighted by Gasteiger charge is 2.13. The van der Waals surface area contributed by atoms with Crippen molar-refractivity contribution in [2.45, 2.75) is 13.0 Å². The molecule has 0 bridgehead atoms. The molecular formula is C14H13FN4. The molecule has 2 aromatic carbocycles. The molecule has 1 atom stereocenters. The maximum atomic E-state index is 13.4. The van der Waals surface area contributed by atoms with Gasteiger partial charge < -0.3 is 5.73 Å². The van der Waals surface area contributed by atoms with Crippen LogP contribution in [0.1, 0.15) is 18.5 Å². The van der Waals surface area contributed by atoms with E-state index in [4.69, 9.17) is 5.73 Å². The Morgan fingerprint density at radius 2 is 2.00 bits per heavy atom. The Kier molecular flexibility index (Phi) is 2.76. The van der Waals surface area contributed by atoms with Gasteiger partial charge in [0.05, 0.1) is 11.2 Å². The van der Waals surface area contributed by atoms with E-state index in [0.29, 0.717) is 5.56 Å². The van der Waals surface area contributed by atoms with Gasteiger partial charge in [-0.05, 0) is 42.8 Å². The number of hydrogen-bond acceptors (Lipinski definition) is 3. The first-order valence-electron chi connectivity index (χ1n) is 6.02. The van der Waals surface area contributed by atoms with Crippen molar-refractivity contribution < 1.29 is 4.39 Å². The molecule has 96 valence electrons. The second-order valence-electron chi connectivity index (χ2n) is 4.48. The van der Waals surface area contributed by atoms with Crippen LogP contribution in [-0.4, -0.2) is 15.0 Å². The monoisotopic (exact) mass is 256 g/mol. The zero-order valence-electron chi connectivity index (χ0n) is 10.4. The van der Waals surface area contributed by atoms with Gasteiger partial charge in [0.25, 0.3) is 0 Å². The van der Waals surface area contributed by atoms with E-state index in [1.807, 2.05) is 31.2 Å². The second-order valence-corrected chi connectivity index (χ2v) is 4.48. The van der Waals surface area contributed by atoms with Gasteiger partial charge in [0.2, 0.25) is 0 Å². The Morgan fingerprint density at radius 3 is 2.79 bits per heavy atom. The van der Waals surface area contributed by atoms with Crippen molar-refractivity contribution in [2.75, 3.05) is 0 Å². The van der Waals surface area contributed by atoms with Crippen molar-refractivity contribution >= 4 is 11.0 Å². The summed E-state index contributed by atoms with van der Waals surface area (Å²) in [5.41, 5.74) is 9.03. The summed E-state index contributed by atoms with van der Waals surface area (Å²) in [5, 5.41) is 8.22. The number of para-hydroxylation sites is 1. The largest absolute Gasteiger partial charge is 0.324 e. The lowest BCUT2D eigenvalue weighted by Crippen LogP contribution is -2.11. The molecule has 1 aromatic heterocycles. The number of hydrogen-bond donors (Lipinski definition) is 1. The van der Waals surface area contributed by atoms with Crippen molar-refractivity contribution in [3.05, 3.63) is 53.8 Å². The normalized spacial score (nSPS) is 12.8. The molecule has 0 amide bonds. The number of nitrogens with zero attached hydrogens (tertiary/aromatic N) is 3. The molecule has 4 nitrogen and oxygen atoms in total. The van der Waals surface area contributed by atoms with Gasteiger partial charge in [-0.2, -0.15) is 0 Å². The lowest BCUT2D eigenvalue weighted by atomic mass is 10.1. The highest BCUT2D eigenvalue weighted by atomic mass is 19.1. The summed E-state index contributed by atoms with van der Waals surface area (Å²) in [6.45, 7) is 1.82. The molecule has 0 aliphatic rings. The Morgan fingerprint density at radius 1 is 1.21 bits per heavy atom. The van der Waals surface area contributed by atoms with E-state index in [9.17, 15) is 4.39 Å². The lowest BCUT2D eigenvalue weighted by Gasteiger charge is -2.12. The number of benzene rings is 2. The van der Waals surface area contributed by atoms with E-state index < -0.39 is 0 Å². The van der Waals surface area contributed by atoms with Crippen LogP contribution >= 0.6 is 0 Å². The predicted octanol–water partition coefficient (Wildman–Crippen LogP) is 2.58. The molecule has 0 aliphatic heterocycles. The van der Waals surface area contributed by atoms with Crippen molar-refractivity contribution in [3.8, 4) is 5.69 Å². The Bertz CT molecular complexity index is 733. The second kappa shape index (κ2) is 4.44. The number of nitrogens with two attached hydrogens (primary N) is 1. The number of fused-ring (bicyclic) bond motifs is 1. The molecular weight excluding hydrogens is 243 g/mol. The zero-order valence-corrected chi connectivity index (χ0v) is 10.4. The maximum Gasteiger partial charge on any atom is 0.123 e. The van der Waals surface area contributed by atoms with E-state index in [1.165, 1.54) is 12.1 Å². The molecule has 3 rings (SSSR count). The summed E-state index contributed by atoms with van der Waals surface area (Å²) in [4.78, 5) is 0. The van der Waals surface area contributed by atoms with Gasteiger partial charge >= 0.3 is 0 Å². The summed E-state index contributed by atoms with van der Waals surface area (Å²) in [6, 6.07) is 11.9. The number of rotatable bonds is 2. The fourth-order valence-corrected chi connectivity index (χ4v) is 2.13. The number of halogens is 1. The van der Waals surface area contributed by atoms with E-state index in [0.717, 1.165) is 16.7 Å². The third kappa shape index (κ3) is 1.98. The molecule has 0 fully saturated rings. The molecule has 0 unspecified atom stereocenters. The first-order chi connectivity index (χ1) is 9.16.